The molecule has 2 aromatic rings. The van der Waals surface area contributed by atoms with Gasteiger partial charge in [-0.05, 0) is 75.2 Å². The third-order valence-electron chi connectivity index (χ3n) is 5.63. The van der Waals surface area contributed by atoms with Crippen LogP contribution in [0.5, 0.6) is 0 Å². The number of ether oxygens (including phenoxy) is 1. The third kappa shape index (κ3) is 5.56. The minimum atomic E-state index is -3.42. The Morgan fingerprint density at radius 3 is 2.26 bits per heavy atom. The van der Waals surface area contributed by atoms with E-state index in [-0.39, 0.29) is 17.5 Å². The van der Waals surface area contributed by atoms with Crippen LogP contribution in [0.2, 0.25) is 0 Å². The van der Waals surface area contributed by atoms with Crippen LogP contribution in [0.15, 0.2) is 42.5 Å². The fourth-order valence-corrected chi connectivity index (χ4v) is 5.30. The lowest BCUT2D eigenvalue weighted by atomic mass is 10.1. The van der Waals surface area contributed by atoms with Crippen LogP contribution in [-0.4, -0.2) is 63.1 Å². The average molecular weight is 488 g/mol. The molecule has 1 aliphatic heterocycles. The zero-order chi connectivity index (χ0) is 25.0. The van der Waals surface area contributed by atoms with Crippen molar-refractivity contribution in [3.05, 3.63) is 59.2 Å². The van der Waals surface area contributed by atoms with Gasteiger partial charge in [-0.15, -0.1) is 0 Å². The number of hydrogen-bond acceptors (Lipinski definition) is 6. The Balaban J connectivity index is 1.57. The maximum Gasteiger partial charge on any atom is 0.338 e. The molecule has 0 aromatic heterocycles. The van der Waals surface area contributed by atoms with Gasteiger partial charge in [0.15, 0.2) is 6.61 Å². The number of nitrogens with one attached hydrogen (secondary N) is 1. The summed E-state index contributed by atoms with van der Waals surface area (Å²) in [6, 6.07) is 10.9. The van der Waals surface area contributed by atoms with E-state index in [4.69, 9.17) is 4.74 Å². The van der Waals surface area contributed by atoms with Gasteiger partial charge in [0, 0.05) is 30.4 Å². The van der Waals surface area contributed by atoms with Crippen molar-refractivity contribution < 1.29 is 27.5 Å². The van der Waals surface area contributed by atoms with Crippen LogP contribution in [0.3, 0.4) is 0 Å². The summed E-state index contributed by atoms with van der Waals surface area (Å²) in [4.78, 5) is 38.7. The van der Waals surface area contributed by atoms with E-state index in [0.29, 0.717) is 36.4 Å². The third-order valence-corrected chi connectivity index (χ3v) is 6.90. The van der Waals surface area contributed by atoms with Crippen molar-refractivity contribution >= 4 is 39.2 Å². The number of hydrogen-bond donors (Lipinski definition) is 1. The van der Waals surface area contributed by atoms with Crippen molar-refractivity contribution in [3.63, 3.8) is 0 Å². The monoisotopic (exact) mass is 487 g/mol. The van der Waals surface area contributed by atoms with Crippen LogP contribution in [-0.2, 0) is 26.0 Å². The van der Waals surface area contributed by atoms with E-state index in [0.717, 1.165) is 11.8 Å². The van der Waals surface area contributed by atoms with Crippen LogP contribution in [0.1, 0.15) is 47.1 Å². The van der Waals surface area contributed by atoms with Crippen molar-refractivity contribution in [2.45, 2.75) is 33.2 Å². The smallest absolute Gasteiger partial charge is 0.338 e. The first-order valence-corrected chi connectivity index (χ1v) is 12.9. The van der Waals surface area contributed by atoms with E-state index in [1.807, 2.05) is 13.8 Å². The van der Waals surface area contributed by atoms with Gasteiger partial charge in [0.05, 0.1) is 17.5 Å². The predicted molar refractivity (Wildman–Crippen MR) is 130 cm³/mol. The second-order valence-corrected chi connectivity index (χ2v) is 9.99. The number of amides is 2. The van der Waals surface area contributed by atoms with Crippen LogP contribution >= 0.6 is 0 Å². The number of sulfonamides is 1. The summed E-state index contributed by atoms with van der Waals surface area (Å²) in [5.74, 6) is -1.28. The van der Waals surface area contributed by atoms with Crippen molar-refractivity contribution in [2.24, 2.45) is 0 Å². The Bertz CT molecular complexity index is 1190. The number of esters is 1. The molecule has 0 aliphatic carbocycles. The number of carbonyl (C=O) groups is 3. The number of benzene rings is 2. The minimum absolute atomic E-state index is 0.0831. The van der Waals surface area contributed by atoms with E-state index >= 15 is 0 Å². The van der Waals surface area contributed by atoms with Gasteiger partial charge in [0.1, 0.15) is 0 Å². The highest BCUT2D eigenvalue weighted by molar-refractivity contribution is 7.92. The Kier molecular flexibility index (Phi) is 7.61. The summed E-state index contributed by atoms with van der Waals surface area (Å²) < 4.78 is 30.5. The zero-order valence-electron chi connectivity index (χ0n) is 19.7. The van der Waals surface area contributed by atoms with Gasteiger partial charge < -0.3 is 15.0 Å². The highest BCUT2D eigenvalue weighted by atomic mass is 32.2. The maximum absolute atomic E-state index is 12.4. The fraction of sp³-hybridized carbons (Fsp3) is 0.375. The van der Waals surface area contributed by atoms with E-state index in [9.17, 15) is 22.8 Å². The summed E-state index contributed by atoms with van der Waals surface area (Å²) in [5, 5.41) is 2.63. The molecule has 0 bridgehead atoms. The van der Waals surface area contributed by atoms with Gasteiger partial charge in [0.2, 0.25) is 10.0 Å². The molecule has 0 saturated carbocycles. The first kappa shape index (κ1) is 25.2. The Hall–Kier alpha value is -3.40. The molecule has 182 valence electrons. The average Bonchev–Trinajstić information content (AvgIpc) is 3.14. The molecule has 1 heterocycles. The van der Waals surface area contributed by atoms with Gasteiger partial charge >= 0.3 is 5.97 Å². The fourth-order valence-electron chi connectivity index (χ4n) is 4.04. The molecule has 1 unspecified atom stereocenters. The number of nitrogens with zero attached hydrogens (tertiary/aromatic N) is 2. The molecular weight excluding hydrogens is 458 g/mol. The molecular formula is C24H29N3O6S. The summed E-state index contributed by atoms with van der Waals surface area (Å²) in [6.45, 7) is 6.35. The van der Waals surface area contributed by atoms with E-state index in [2.05, 4.69) is 5.32 Å². The number of carbonyl (C=O) groups excluding carboxylic acids is 3. The predicted octanol–water partition coefficient (Wildman–Crippen LogP) is 2.67. The van der Waals surface area contributed by atoms with E-state index < -0.39 is 28.5 Å². The summed E-state index contributed by atoms with van der Waals surface area (Å²) in [6.07, 6.45) is 1.63. The van der Waals surface area contributed by atoms with Gasteiger partial charge in [0.25, 0.3) is 11.8 Å². The molecule has 2 amide bonds. The molecule has 0 spiro atoms. The van der Waals surface area contributed by atoms with Crippen LogP contribution < -0.4 is 9.62 Å². The lowest BCUT2D eigenvalue weighted by molar-refractivity contribution is -0.119. The lowest BCUT2D eigenvalue weighted by Gasteiger charge is -2.21. The number of anilines is 2. The number of fused-ring (bicyclic) bond motifs is 1. The lowest BCUT2D eigenvalue weighted by Crippen LogP contribution is -2.34. The highest BCUT2D eigenvalue weighted by Gasteiger charge is 2.33. The minimum Gasteiger partial charge on any atom is -0.452 e. The normalized spacial score (nSPS) is 14.9. The largest absolute Gasteiger partial charge is 0.452 e. The molecule has 2 aromatic carbocycles. The quantitative estimate of drug-likeness (QED) is 0.573. The van der Waals surface area contributed by atoms with Crippen molar-refractivity contribution in [2.75, 3.05) is 35.6 Å². The first-order chi connectivity index (χ1) is 16.0. The zero-order valence-corrected chi connectivity index (χ0v) is 20.5. The molecule has 0 fully saturated rings. The summed E-state index contributed by atoms with van der Waals surface area (Å²) in [7, 11) is -3.42. The van der Waals surface area contributed by atoms with Crippen LogP contribution in [0, 0.1) is 0 Å². The van der Waals surface area contributed by atoms with Gasteiger partial charge in [-0.25, -0.2) is 13.2 Å². The second-order valence-electron chi connectivity index (χ2n) is 8.13. The van der Waals surface area contributed by atoms with Crippen LogP contribution in [0.25, 0.3) is 0 Å². The van der Waals surface area contributed by atoms with Crippen molar-refractivity contribution in [1.82, 2.24) is 4.90 Å². The second kappa shape index (κ2) is 10.3. The van der Waals surface area contributed by atoms with E-state index in [1.165, 1.54) is 10.4 Å². The van der Waals surface area contributed by atoms with Crippen molar-refractivity contribution in [1.29, 1.82) is 0 Å². The Labute approximate surface area is 199 Å². The summed E-state index contributed by atoms with van der Waals surface area (Å²) >= 11 is 0. The van der Waals surface area contributed by atoms with Gasteiger partial charge in [-0.2, -0.15) is 0 Å². The molecule has 3 rings (SSSR count). The molecule has 0 saturated heterocycles. The van der Waals surface area contributed by atoms with Crippen LogP contribution in [0.4, 0.5) is 11.4 Å². The van der Waals surface area contributed by atoms with Gasteiger partial charge in [-0.1, -0.05) is 0 Å². The summed E-state index contributed by atoms with van der Waals surface area (Å²) in [5.41, 5.74) is 2.52. The highest BCUT2D eigenvalue weighted by Crippen LogP contribution is 2.34. The standard InChI is InChI=1S/C24H29N3O6S/c1-5-26(6-2)23(29)17-7-10-20(11-8-17)25-22(28)15-33-24(30)18-9-12-21-19(14-18)13-16(3)27(21)34(4,31)32/h7-12,14,16H,5-6,13,15H2,1-4H3,(H,25,28). The first-order valence-electron chi connectivity index (χ1n) is 11.0. The van der Waals surface area contributed by atoms with Crippen molar-refractivity contribution in [3.8, 4) is 0 Å². The van der Waals surface area contributed by atoms with E-state index in [1.54, 1.807) is 48.2 Å². The topological polar surface area (TPSA) is 113 Å². The molecule has 0 radical (unpaired) electrons. The SMILES string of the molecule is CCN(CC)C(=O)c1ccc(NC(=O)COC(=O)c2ccc3c(c2)CC(C)N3S(C)(=O)=O)cc1. The molecule has 34 heavy (non-hydrogen) atoms. The Morgan fingerprint density at radius 2 is 1.68 bits per heavy atom. The maximum atomic E-state index is 12.4. The Morgan fingerprint density at radius 1 is 1.06 bits per heavy atom. The number of rotatable bonds is 8. The molecule has 9 nitrogen and oxygen atoms in total. The molecule has 1 N–H and O–H groups in total. The molecule has 10 heteroatoms. The molecule has 1 aliphatic rings. The van der Waals surface area contributed by atoms with Gasteiger partial charge in [-0.3, -0.25) is 13.9 Å². The molecule has 1 atom stereocenters.